The molecule has 0 bridgehead atoms. The molecule has 5 heteroatoms. The highest BCUT2D eigenvalue weighted by molar-refractivity contribution is 6.29. The van der Waals surface area contributed by atoms with Crippen LogP contribution in [0.3, 0.4) is 0 Å². The van der Waals surface area contributed by atoms with Crippen LogP contribution < -0.4 is 11.1 Å². The minimum atomic E-state index is -0.318. The van der Waals surface area contributed by atoms with E-state index in [1.54, 1.807) is 12.1 Å². The van der Waals surface area contributed by atoms with Crippen molar-refractivity contribution in [3.63, 3.8) is 0 Å². The second-order valence-corrected chi connectivity index (χ2v) is 4.53. The monoisotopic (exact) mass is 275 g/mol. The maximum atomic E-state index is 11.8. The average molecular weight is 276 g/mol. The summed E-state index contributed by atoms with van der Waals surface area (Å²) in [5.41, 5.74) is 7.52. The summed E-state index contributed by atoms with van der Waals surface area (Å²) in [7, 11) is 0. The van der Waals surface area contributed by atoms with E-state index in [2.05, 4.69) is 10.3 Å². The molecule has 0 radical (unpaired) electrons. The average Bonchev–Trinajstić information content (AvgIpc) is 2.42. The van der Waals surface area contributed by atoms with Gasteiger partial charge >= 0.3 is 0 Å². The molecular formula is C14H14ClN3O. The molecule has 1 aromatic heterocycles. The summed E-state index contributed by atoms with van der Waals surface area (Å²) in [6.45, 7) is 0. The van der Waals surface area contributed by atoms with Crippen LogP contribution in [-0.2, 0) is 4.79 Å². The molecule has 0 saturated carbocycles. The number of benzene rings is 1. The fourth-order valence-electron chi connectivity index (χ4n) is 1.68. The molecule has 1 heterocycles. The number of anilines is 1. The maximum Gasteiger partial charge on any atom is 0.226 e. The first kappa shape index (κ1) is 13.5. The minimum Gasteiger partial charge on any atom is -0.325 e. The van der Waals surface area contributed by atoms with Gasteiger partial charge in [-0.2, -0.15) is 0 Å². The second-order valence-electron chi connectivity index (χ2n) is 4.14. The van der Waals surface area contributed by atoms with Gasteiger partial charge in [0.05, 0.1) is 11.9 Å². The molecule has 1 atom stereocenters. The quantitative estimate of drug-likeness (QED) is 0.843. The van der Waals surface area contributed by atoms with Crippen LogP contribution in [0.2, 0.25) is 5.15 Å². The number of hydrogen-bond donors (Lipinski definition) is 2. The Balaban J connectivity index is 1.93. The Bertz CT molecular complexity index is 542. The van der Waals surface area contributed by atoms with E-state index < -0.39 is 0 Å². The van der Waals surface area contributed by atoms with Crippen molar-refractivity contribution in [2.24, 2.45) is 5.73 Å². The number of nitrogens with two attached hydrogens (primary N) is 1. The Morgan fingerprint density at radius 3 is 2.63 bits per heavy atom. The third-order valence-electron chi connectivity index (χ3n) is 2.64. The van der Waals surface area contributed by atoms with Crippen molar-refractivity contribution in [2.75, 3.05) is 5.32 Å². The highest BCUT2D eigenvalue weighted by Crippen LogP contribution is 2.15. The van der Waals surface area contributed by atoms with E-state index in [0.717, 1.165) is 5.56 Å². The highest BCUT2D eigenvalue weighted by Gasteiger charge is 2.11. The second kappa shape index (κ2) is 6.31. The fraction of sp³-hybridized carbons (Fsp3) is 0.143. The Morgan fingerprint density at radius 1 is 1.26 bits per heavy atom. The van der Waals surface area contributed by atoms with Gasteiger partial charge in [-0.3, -0.25) is 4.79 Å². The topological polar surface area (TPSA) is 68.0 Å². The standard InChI is InChI=1S/C14H14ClN3O/c15-13-7-6-11(9-17-13)18-14(19)8-12(16)10-4-2-1-3-5-10/h1-7,9,12H,8,16H2,(H,18,19). The number of carbonyl (C=O) groups is 1. The first-order valence-electron chi connectivity index (χ1n) is 5.87. The third kappa shape index (κ3) is 4.05. The number of aromatic nitrogens is 1. The van der Waals surface area contributed by atoms with Crippen LogP contribution in [-0.4, -0.2) is 10.9 Å². The van der Waals surface area contributed by atoms with Crippen LogP contribution in [0.4, 0.5) is 5.69 Å². The van der Waals surface area contributed by atoms with Gasteiger partial charge in [0.25, 0.3) is 0 Å². The van der Waals surface area contributed by atoms with Crippen molar-refractivity contribution in [3.05, 3.63) is 59.4 Å². The summed E-state index contributed by atoms with van der Waals surface area (Å²) in [4.78, 5) is 15.7. The van der Waals surface area contributed by atoms with Crippen LogP contribution in [0.1, 0.15) is 18.0 Å². The molecule has 4 nitrogen and oxygen atoms in total. The van der Waals surface area contributed by atoms with E-state index in [9.17, 15) is 4.79 Å². The van der Waals surface area contributed by atoms with Crippen molar-refractivity contribution in [1.29, 1.82) is 0 Å². The van der Waals surface area contributed by atoms with E-state index >= 15 is 0 Å². The van der Waals surface area contributed by atoms with Gasteiger partial charge in [0, 0.05) is 12.5 Å². The number of amides is 1. The molecule has 0 aliphatic heterocycles. The van der Waals surface area contributed by atoms with Gasteiger partial charge in [0.1, 0.15) is 5.15 Å². The smallest absolute Gasteiger partial charge is 0.226 e. The number of pyridine rings is 1. The summed E-state index contributed by atoms with van der Waals surface area (Å²) in [5.74, 6) is -0.152. The molecule has 0 spiro atoms. The van der Waals surface area contributed by atoms with Gasteiger partial charge in [-0.1, -0.05) is 41.9 Å². The minimum absolute atomic E-state index is 0.152. The zero-order valence-electron chi connectivity index (χ0n) is 10.2. The number of carbonyl (C=O) groups excluding carboxylic acids is 1. The number of nitrogens with zero attached hydrogens (tertiary/aromatic N) is 1. The van der Waals surface area contributed by atoms with Crippen LogP contribution in [0.5, 0.6) is 0 Å². The third-order valence-corrected chi connectivity index (χ3v) is 2.87. The summed E-state index contributed by atoms with van der Waals surface area (Å²) < 4.78 is 0. The molecule has 3 N–H and O–H groups in total. The largest absolute Gasteiger partial charge is 0.325 e. The first-order chi connectivity index (χ1) is 9.15. The van der Waals surface area contributed by atoms with Crippen molar-refractivity contribution in [2.45, 2.75) is 12.5 Å². The van der Waals surface area contributed by atoms with Crippen LogP contribution >= 0.6 is 11.6 Å². The fourth-order valence-corrected chi connectivity index (χ4v) is 1.79. The zero-order valence-corrected chi connectivity index (χ0v) is 11.0. The van der Waals surface area contributed by atoms with E-state index in [-0.39, 0.29) is 18.4 Å². The molecule has 0 fully saturated rings. The SMILES string of the molecule is NC(CC(=O)Nc1ccc(Cl)nc1)c1ccccc1. The zero-order chi connectivity index (χ0) is 13.7. The van der Waals surface area contributed by atoms with Gasteiger partial charge in [0.15, 0.2) is 0 Å². The molecule has 2 aromatic rings. The van der Waals surface area contributed by atoms with Crippen molar-refractivity contribution in [1.82, 2.24) is 4.98 Å². The van der Waals surface area contributed by atoms with Crippen LogP contribution in [0.15, 0.2) is 48.7 Å². The molecule has 1 unspecified atom stereocenters. The Kier molecular flexibility index (Phi) is 4.49. The summed E-state index contributed by atoms with van der Waals surface area (Å²) in [5, 5.41) is 3.12. The van der Waals surface area contributed by atoms with Crippen molar-refractivity contribution in [3.8, 4) is 0 Å². The molecule has 98 valence electrons. The lowest BCUT2D eigenvalue weighted by atomic mass is 10.0. The lowest BCUT2D eigenvalue weighted by Crippen LogP contribution is -2.20. The Hall–Kier alpha value is -1.91. The number of nitrogens with one attached hydrogen (secondary N) is 1. The van der Waals surface area contributed by atoms with Gasteiger partial charge in [0.2, 0.25) is 5.91 Å². The molecule has 0 aliphatic rings. The van der Waals surface area contributed by atoms with Gasteiger partial charge in [-0.15, -0.1) is 0 Å². The number of rotatable bonds is 4. The Labute approximate surface area is 116 Å². The Morgan fingerprint density at radius 2 is 2.00 bits per heavy atom. The molecule has 1 aromatic carbocycles. The molecule has 0 saturated heterocycles. The van der Waals surface area contributed by atoms with E-state index in [4.69, 9.17) is 17.3 Å². The summed E-state index contributed by atoms with van der Waals surface area (Å²) in [6.07, 6.45) is 1.72. The van der Waals surface area contributed by atoms with Gasteiger partial charge in [-0.25, -0.2) is 4.98 Å². The van der Waals surface area contributed by atoms with Gasteiger partial charge in [-0.05, 0) is 17.7 Å². The summed E-state index contributed by atoms with van der Waals surface area (Å²) in [6, 6.07) is 12.5. The van der Waals surface area contributed by atoms with E-state index in [1.165, 1.54) is 6.20 Å². The maximum absolute atomic E-state index is 11.8. The molecule has 19 heavy (non-hydrogen) atoms. The molecule has 1 amide bonds. The predicted molar refractivity (Wildman–Crippen MR) is 75.9 cm³/mol. The lowest BCUT2D eigenvalue weighted by Gasteiger charge is -2.11. The summed E-state index contributed by atoms with van der Waals surface area (Å²) >= 11 is 5.67. The van der Waals surface area contributed by atoms with Crippen molar-refractivity contribution < 1.29 is 4.79 Å². The highest BCUT2D eigenvalue weighted by atomic mass is 35.5. The van der Waals surface area contributed by atoms with Crippen LogP contribution in [0.25, 0.3) is 0 Å². The number of halogens is 1. The van der Waals surface area contributed by atoms with Gasteiger partial charge < -0.3 is 11.1 Å². The molecule has 0 aliphatic carbocycles. The molecule has 2 rings (SSSR count). The predicted octanol–water partition coefficient (Wildman–Crippen LogP) is 2.76. The van der Waals surface area contributed by atoms with E-state index in [0.29, 0.717) is 10.8 Å². The normalized spacial score (nSPS) is 11.9. The van der Waals surface area contributed by atoms with Crippen molar-refractivity contribution >= 4 is 23.2 Å². The van der Waals surface area contributed by atoms with E-state index in [1.807, 2.05) is 30.3 Å². The number of hydrogen-bond acceptors (Lipinski definition) is 3. The first-order valence-corrected chi connectivity index (χ1v) is 6.25. The lowest BCUT2D eigenvalue weighted by molar-refractivity contribution is -0.116. The molecular weight excluding hydrogens is 262 g/mol. The van der Waals surface area contributed by atoms with Crippen LogP contribution in [0, 0.1) is 0 Å².